The van der Waals surface area contributed by atoms with Crippen molar-refractivity contribution in [1.82, 2.24) is 9.88 Å². The van der Waals surface area contributed by atoms with Crippen LogP contribution in [-0.2, 0) is 18.0 Å². The summed E-state index contributed by atoms with van der Waals surface area (Å²) in [6.07, 6.45) is 4.04. The van der Waals surface area contributed by atoms with E-state index in [4.69, 9.17) is 22.1 Å². The number of hydrogen-bond acceptors (Lipinski definition) is 5. The minimum atomic E-state index is -0.280. The van der Waals surface area contributed by atoms with Crippen LogP contribution in [0.2, 0.25) is 5.02 Å². The molecule has 0 aliphatic carbocycles. The molecule has 0 bridgehead atoms. The Morgan fingerprint density at radius 3 is 2.65 bits per heavy atom. The van der Waals surface area contributed by atoms with Gasteiger partial charge < -0.3 is 15.4 Å². The maximum Gasteiger partial charge on any atom is 0.255 e. The molecule has 6 rings (SSSR count). The van der Waals surface area contributed by atoms with Crippen LogP contribution in [0.25, 0.3) is 10.9 Å². The van der Waals surface area contributed by atoms with Gasteiger partial charge in [-0.3, -0.25) is 9.79 Å². The standard InChI is InChI=1S/C26H22ClFN4O2/c27-22-9-24-16(20-12-34-13-21(20)25(29)31-24)8-17(22)26(33)32-10-18(14-3-5-15(28)6-4-14)19(11-32)23-2-1-7-30-23/h1-6,8-9,18-19H,7,10-13H2,(H2,29,31)/t18-,19+/m0/s1. The minimum absolute atomic E-state index is 0.0180. The van der Waals surface area contributed by atoms with E-state index in [9.17, 15) is 9.18 Å². The molecule has 1 amide bonds. The molecule has 4 heterocycles. The molecule has 34 heavy (non-hydrogen) atoms. The van der Waals surface area contributed by atoms with Gasteiger partial charge in [0, 0.05) is 41.6 Å². The second-order valence-corrected chi connectivity index (χ2v) is 9.35. The van der Waals surface area contributed by atoms with Crippen LogP contribution in [0.15, 0.2) is 53.5 Å². The lowest BCUT2D eigenvalue weighted by molar-refractivity contribution is 0.0789. The number of nitrogen functional groups attached to an aromatic ring is 1. The van der Waals surface area contributed by atoms with E-state index in [2.05, 4.69) is 9.98 Å². The number of carbonyl (C=O) groups is 1. The highest BCUT2D eigenvalue weighted by Gasteiger charge is 2.39. The summed E-state index contributed by atoms with van der Waals surface area (Å²) in [6, 6.07) is 10.0. The fourth-order valence-corrected chi connectivity index (χ4v) is 5.51. The third kappa shape index (κ3) is 3.47. The second kappa shape index (κ2) is 8.18. The maximum absolute atomic E-state index is 13.7. The average Bonchev–Trinajstić information content (AvgIpc) is 3.59. The number of nitrogens with zero attached hydrogens (tertiary/aromatic N) is 3. The van der Waals surface area contributed by atoms with E-state index in [1.54, 1.807) is 18.2 Å². The fraction of sp³-hybridized carbons (Fsp3) is 0.269. The predicted octanol–water partition coefficient (Wildman–Crippen LogP) is 4.51. The highest BCUT2D eigenvalue weighted by Crippen LogP contribution is 2.38. The molecule has 0 radical (unpaired) electrons. The molecule has 0 unspecified atom stereocenters. The van der Waals surface area contributed by atoms with E-state index >= 15 is 0 Å². The largest absolute Gasteiger partial charge is 0.383 e. The van der Waals surface area contributed by atoms with Crippen molar-refractivity contribution in [3.05, 3.63) is 81.6 Å². The molecule has 1 fully saturated rings. The molecule has 172 valence electrons. The van der Waals surface area contributed by atoms with Gasteiger partial charge in [-0.2, -0.15) is 0 Å². The van der Waals surface area contributed by atoms with Crippen molar-refractivity contribution in [3.8, 4) is 0 Å². The number of likely N-dealkylation sites (tertiary alicyclic amines) is 1. The molecule has 3 aliphatic rings. The molecule has 1 saturated heterocycles. The number of hydrogen-bond donors (Lipinski definition) is 1. The Morgan fingerprint density at radius 2 is 1.88 bits per heavy atom. The molecular formula is C26H22ClFN4O2. The first kappa shape index (κ1) is 21.3. The zero-order valence-electron chi connectivity index (χ0n) is 18.3. The van der Waals surface area contributed by atoms with Crippen molar-refractivity contribution in [2.45, 2.75) is 19.1 Å². The van der Waals surface area contributed by atoms with E-state index < -0.39 is 0 Å². The summed E-state index contributed by atoms with van der Waals surface area (Å²) < 4.78 is 19.1. The number of anilines is 1. The van der Waals surface area contributed by atoms with E-state index in [0.29, 0.717) is 54.8 Å². The quantitative estimate of drug-likeness (QED) is 0.603. The molecule has 6 nitrogen and oxygen atoms in total. The van der Waals surface area contributed by atoms with Crippen molar-refractivity contribution in [3.63, 3.8) is 0 Å². The third-order valence-electron chi connectivity index (χ3n) is 7.00. The van der Waals surface area contributed by atoms with Crippen LogP contribution in [-0.4, -0.2) is 41.1 Å². The van der Waals surface area contributed by atoms with Gasteiger partial charge in [0.25, 0.3) is 5.91 Å². The normalized spacial score (nSPS) is 21.4. The summed E-state index contributed by atoms with van der Waals surface area (Å²) in [7, 11) is 0. The van der Waals surface area contributed by atoms with Gasteiger partial charge >= 0.3 is 0 Å². The van der Waals surface area contributed by atoms with Crippen molar-refractivity contribution in [1.29, 1.82) is 0 Å². The fourth-order valence-electron chi connectivity index (χ4n) is 5.27. The molecule has 8 heteroatoms. The summed E-state index contributed by atoms with van der Waals surface area (Å²) in [5.74, 6) is 0.0626. The second-order valence-electron chi connectivity index (χ2n) is 8.94. The highest BCUT2D eigenvalue weighted by molar-refractivity contribution is 6.34. The van der Waals surface area contributed by atoms with Gasteiger partial charge in [0.15, 0.2) is 0 Å². The number of ether oxygens (including phenoxy) is 1. The number of benzene rings is 2. The van der Waals surface area contributed by atoms with Crippen molar-refractivity contribution < 1.29 is 13.9 Å². The van der Waals surface area contributed by atoms with Crippen LogP contribution in [0, 0.1) is 11.7 Å². The number of fused-ring (bicyclic) bond motifs is 3. The average molecular weight is 477 g/mol. The van der Waals surface area contributed by atoms with Gasteiger partial charge in [0.1, 0.15) is 11.6 Å². The number of rotatable bonds is 3. The summed E-state index contributed by atoms with van der Waals surface area (Å²) in [5.41, 5.74) is 11.0. The number of amides is 1. The lowest BCUT2D eigenvalue weighted by atomic mass is 9.86. The first-order valence-corrected chi connectivity index (χ1v) is 11.6. The van der Waals surface area contributed by atoms with Crippen LogP contribution < -0.4 is 5.73 Å². The number of pyridine rings is 1. The summed E-state index contributed by atoms with van der Waals surface area (Å²) in [5, 5.41) is 1.17. The third-order valence-corrected chi connectivity index (χ3v) is 7.31. The molecule has 0 spiro atoms. The Hall–Kier alpha value is -3.29. The number of allylic oxidation sites excluding steroid dienone is 1. The summed E-state index contributed by atoms with van der Waals surface area (Å²) in [4.78, 5) is 24.6. The van der Waals surface area contributed by atoms with Crippen LogP contribution in [0.4, 0.5) is 10.2 Å². The Kier molecular flexibility index (Phi) is 5.12. The highest BCUT2D eigenvalue weighted by atomic mass is 35.5. The van der Waals surface area contributed by atoms with Crippen molar-refractivity contribution in [2.75, 3.05) is 25.4 Å². The Morgan fingerprint density at radius 1 is 1.12 bits per heavy atom. The first-order chi connectivity index (χ1) is 16.5. The Balaban J connectivity index is 1.37. The monoisotopic (exact) mass is 476 g/mol. The molecule has 2 aromatic carbocycles. The zero-order chi connectivity index (χ0) is 23.4. The van der Waals surface area contributed by atoms with Crippen molar-refractivity contribution >= 4 is 39.9 Å². The molecule has 2 N–H and O–H groups in total. The maximum atomic E-state index is 13.7. The van der Waals surface area contributed by atoms with Crippen LogP contribution >= 0.6 is 11.6 Å². The van der Waals surface area contributed by atoms with E-state index in [1.807, 2.05) is 23.1 Å². The number of nitrogens with two attached hydrogens (primary N) is 1. The smallest absolute Gasteiger partial charge is 0.255 e. The first-order valence-electron chi connectivity index (χ1n) is 11.2. The number of halogens is 2. The minimum Gasteiger partial charge on any atom is -0.383 e. The molecule has 2 atom stereocenters. The van der Waals surface area contributed by atoms with Crippen LogP contribution in [0.3, 0.4) is 0 Å². The lowest BCUT2D eigenvalue weighted by Gasteiger charge is -2.18. The number of aliphatic imine (C=N–C) groups is 1. The topological polar surface area (TPSA) is 80.8 Å². The zero-order valence-corrected chi connectivity index (χ0v) is 19.1. The van der Waals surface area contributed by atoms with Gasteiger partial charge in [-0.25, -0.2) is 9.37 Å². The lowest BCUT2D eigenvalue weighted by Crippen LogP contribution is -2.30. The number of aromatic nitrogens is 1. The van der Waals surface area contributed by atoms with E-state index in [1.165, 1.54) is 12.1 Å². The van der Waals surface area contributed by atoms with Gasteiger partial charge in [-0.1, -0.05) is 29.8 Å². The van der Waals surface area contributed by atoms with E-state index in [0.717, 1.165) is 27.8 Å². The Labute approximate surface area is 200 Å². The molecular weight excluding hydrogens is 455 g/mol. The van der Waals surface area contributed by atoms with Gasteiger partial charge in [0.2, 0.25) is 0 Å². The predicted molar refractivity (Wildman–Crippen MR) is 130 cm³/mol. The van der Waals surface area contributed by atoms with Crippen LogP contribution in [0.5, 0.6) is 0 Å². The molecule has 1 aromatic heterocycles. The van der Waals surface area contributed by atoms with Gasteiger partial charge in [0.05, 0.1) is 35.9 Å². The summed E-state index contributed by atoms with van der Waals surface area (Å²) in [6.45, 7) is 2.50. The molecule has 0 saturated carbocycles. The summed E-state index contributed by atoms with van der Waals surface area (Å²) >= 11 is 6.58. The van der Waals surface area contributed by atoms with Gasteiger partial charge in [-0.15, -0.1) is 0 Å². The van der Waals surface area contributed by atoms with E-state index in [-0.39, 0.29) is 23.6 Å². The van der Waals surface area contributed by atoms with Gasteiger partial charge in [-0.05, 0) is 41.5 Å². The van der Waals surface area contributed by atoms with Crippen molar-refractivity contribution in [2.24, 2.45) is 10.9 Å². The molecule has 3 aromatic rings. The SMILES string of the molecule is Nc1nc2cc(Cl)c(C(=O)N3C[C@@H](C4=NCC=C4)[C@H](c4ccc(F)cc4)C3)cc2c2c1COC2. The van der Waals surface area contributed by atoms with Crippen LogP contribution in [0.1, 0.15) is 33.0 Å². The Bertz CT molecular complexity index is 1390. The molecule has 3 aliphatic heterocycles. The number of carbonyl (C=O) groups excluding carboxylic acids is 1.